The van der Waals surface area contributed by atoms with Crippen LogP contribution < -0.4 is 10.6 Å². The van der Waals surface area contributed by atoms with Crippen molar-refractivity contribution in [3.05, 3.63) is 0 Å². The first kappa shape index (κ1) is 9.48. The second kappa shape index (κ2) is 4.42. The number of carbonyl (C=O) groups is 1. The van der Waals surface area contributed by atoms with Gasteiger partial charge in [0.2, 0.25) is 0 Å². The molecule has 2 atom stereocenters. The predicted molar refractivity (Wildman–Crippen MR) is 45.9 cm³/mol. The van der Waals surface area contributed by atoms with E-state index in [-0.39, 0.29) is 18.1 Å². The molecule has 70 valence electrons. The van der Waals surface area contributed by atoms with Gasteiger partial charge in [-0.25, -0.2) is 0 Å². The maximum atomic E-state index is 11.2. The zero-order chi connectivity index (χ0) is 8.97. The van der Waals surface area contributed by atoms with Crippen LogP contribution in [0.1, 0.15) is 12.8 Å². The second-order valence-electron chi connectivity index (χ2n) is 2.99. The molecule has 0 aromatic rings. The maximum absolute atomic E-state index is 11.2. The van der Waals surface area contributed by atoms with Gasteiger partial charge in [-0.15, -0.1) is 0 Å². The van der Waals surface area contributed by atoms with Crippen molar-refractivity contribution >= 4 is 5.97 Å². The monoisotopic (exact) mass is 172 g/mol. The number of hydrogen-bond acceptors (Lipinski definition) is 4. The molecule has 0 spiro atoms. The third-order valence-electron chi connectivity index (χ3n) is 2.28. The smallest absolute Gasteiger partial charge is 0.324 e. The highest BCUT2D eigenvalue weighted by Crippen LogP contribution is 2.09. The van der Waals surface area contributed by atoms with Crippen LogP contribution in [0.15, 0.2) is 0 Å². The Bertz CT molecular complexity index is 161. The van der Waals surface area contributed by atoms with Gasteiger partial charge in [0.15, 0.2) is 0 Å². The molecule has 0 bridgehead atoms. The van der Waals surface area contributed by atoms with E-state index >= 15 is 0 Å². The molecule has 1 fully saturated rings. The summed E-state index contributed by atoms with van der Waals surface area (Å²) in [5.74, 6) is -0.172. The molecule has 1 heterocycles. The van der Waals surface area contributed by atoms with Crippen molar-refractivity contribution in [1.29, 1.82) is 0 Å². The Morgan fingerprint density at radius 2 is 2.42 bits per heavy atom. The summed E-state index contributed by atoms with van der Waals surface area (Å²) in [7, 11) is 3.29. The van der Waals surface area contributed by atoms with E-state index in [0.717, 1.165) is 19.4 Å². The van der Waals surface area contributed by atoms with Crippen molar-refractivity contribution in [2.24, 2.45) is 0 Å². The Balaban J connectivity index is 2.52. The molecule has 0 aromatic carbocycles. The van der Waals surface area contributed by atoms with Gasteiger partial charge in [-0.1, -0.05) is 0 Å². The van der Waals surface area contributed by atoms with Gasteiger partial charge in [0.1, 0.15) is 6.04 Å². The Kier molecular flexibility index (Phi) is 3.49. The number of hydrogen-bond donors (Lipinski definition) is 2. The first-order valence-corrected chi connectivity index (χ1v) is 4.28. The van der Waals surface area contributed by atoms with Crippen molar-refractivity contribution in [2.75, 3.05) is 20.7 Å². The molecule has 4 nitrogen and oxygen atoms in total. The Labute approximate surface area is 72.7 Å². The molecule has 0 saturated carbocycles. The van der Waals surface area contributed by atoms with Gasteiger partial charge in [-0.05, 0) is 26.4 Å². The summed E-state index contributed by atoms with van der Waals surface area (Å²) in [5, 5.41) is 6.24. The molecule has 2 N–H and O–H groups in total. The highest BCUT2D eigenvalue weighted by molar-refractivity contribution is 5.76. The topological polar surface area (TPSA) is 50.4 Å². The van der Waals surface area contributed by atoms with Crippen LogP contribution >= 0.6 is 0 Å². The van der Waals surface area contributed by atoms with E-state index in [2.05, 4.69) is 15.4 Å². The largest absolute Gasteiger partial charge is 0.468 e. The van der Waals surface area contributed by atoms with Gasteiger partial charge in [0.05, 0.1) is 7.11 Å². The van der Waals surface area contributed by atoms with E-state index < -0.39 is 0 Å². The normalized spacial score (nSPS) is 29.8. The zero-order valence-corrected chi connectivity index (χ0v) is 7.59. The van der Waals surface area contributed by atoms with Crippen LogP contribution in [0.5, 0.6) is 0 Å². The molecule has 1 rings (SSSR count). The fourth-order valence-corrected chi connectivity index (χ4v) is 1.57. The zero-order valence-electron chi connectivity index (χ0n) is 7.59. The minimum Gasteiger partial charge on any atom is -0.468 e. The maximum Gasteiger partial charge on any atom is 0.324 e. The standard InChI is InChI=1S/C8H16N2O2/c1-9-6-4-3-5-10-7(6)8(11)12-2/h6-7,9-10H,3-5H2,1-2H3. The van der Waals surface area contributed by atoms with Crippen molar-refractivity contribution in [1.82, 2.24) is 10.6 Å². The number of likely N-dealkylation sites (N-methyl/N-ethyl adjacent to an activating group) is 1. The lowest BCUT2D eigenvalue weighted by atomic mass is 9.99. The van der Waals surface area contributed by atoms with Crippen LogP contribution in [0.3, 0.4) is 0 Å². The Morgan fingerprint density at radius 1 is 1.67 bits per heavy atom. The van der Waals surface area contributed by atoms with Crippen molar-refractivity contribution in [3.8, 4) is 0 Å². The summed E-state index contributed by atoms with van der Waals surface area (Å²) in [6.07, 6.45) is 2.14. The van der Waals surface area contributed by atoms with Crippen LogP contribution in [-0.2, 0) is 9.53 Å². The highest BCUT2D eigenvalue weighted by Gasteiger charge is 2.29. The minimum atomic E-state index is -0.172. The SMILES string of the molecule is CNC1CCCNC1C(=O)OC. The highest BCUT2D eigenvalue weighted by atomic mass is 16.5. The summed E-state index contributed by atoms with van der Waals surface area (Å²) in [5.41, 5.74) is 0. The van der Waals surface area contributed by atoms with Crippen molar-refractivity contribution < 1.29 is 9.53 Å². The van der Waals surface area contributed by atoms with Gasteiger partial charge < -0.3 is 15.4 Å². The second-order valence-corrected chi connectivity index (χ2v) is 2.99. The molecule has 0 radical (unpaired) electrons. The minimum absolute atomic E-state index is 0.172. The van der Waals surface area contributed by atoms with E-state index in [1.54, 1.807) is 0 Å². The first-order chi connectivity index (χ1) is 5.79. The molecule has 0 amide bonds. The van der Waals surface area contributed by atoms with Crippen molar-refractivity contribution in [2.45, 2.75) is 24.9 Å². The number of ether oxygens (including phenoxy) is 1. The summed E-state index contributed by atoms with van der Waals surface area (Å²) in [4.78, 5) is 11.2. The van der Waals surface area contributed by atoms with Gasteiger partial charge in [-0.3, -0.25) is 4.79 Å². The molecule has 12 heavy (non-hydrogen) atoms. The summed E-state index contributed by atoms with van der Waals surface area (Å²) in [6.45, 7) is 0.901. The Hall–Kier alpha value is -0.610. The first-order valence-electron chi connectivity index (χ1n) is 4.28. The van der Waals surface area contributed by atoms with Crippen molar-refractivity contribution in [3.63, 3.8) is 0 Å². The van der Waals surface area contributed by atoms with E-state index in [0.29, 0.717) is 0 Å². The average molecular weight is 172 g/mol. The average Bonchev–Trinajstić information content (AvgIpc) is 2.16. The van der Waals surface area contributed by atoms with E-state index in [1.165, 1.54) is 7.11 Å². The van der Waals surface area contributed by atoms with E-state index in [1.807, 2.05) is 7.05 Å². The molecule has 0 aliphatic carbocycles. The van der Waals surface area contributed by atoms with Gasteiger partial charge in [0, 0.05) is 6.04 Å². The third kappa shape index (κ3) is 1.95. The summed E-state index contributed by atoms with van der Waals surface area (Å²) >= 11 is 0. The van der Waals surface area contributed by atoms with E-state index in [4.69, 9.17) is 0 Å². The lowest BCUT2D eigenvalue weighted by Gasteiger charge is -2.30. The fraction of sp³-hybridized carbons (Fsp3) is 0.875. The number of carbonyl (C=O) groups excluding carboxylic acids is 1. The Morgan fingerprint density at radius 3 is 3.00 bits per heavy atom. The fourth-order valence-electron chi connectivity index (χ4n) is 1.57. The molecule has 4 heteroatoms. The summed E-state index contributed by atoms with van der Waals surface area (Å²) in [6, 6.07) is 0.0416. The number of nitrogens with one attached hydrogen (secondary N) is 2. The quantitative estimate of drug-likeness (QED) is 0.551. The third-order valence-corrected chi connectivity index (χ3v) is 2.28. The number of methoxy groups -OCH3 is 1. The molecule has 1 saturated heterocycles. The summed E-state index contributed by atoms with van der Waals surface area (Å²) < 4.78 is 4.68. The molecule has 1 aliphatic heterocycles. The molecular weight excluding hydrogens is 156 g/mol. The van der Waals surface area contributed by atoms with Crippen LogP contribution in [0.2, 0.25) is 0 Å². The predicted octanol–water partition coefficient (Wildman–Crippen LogP) is -0.501. The molecular formula is C8H16N2O2. The van der Waals surface area contributed by atoms with Gasteiger partial charge >= 0.3 is 5.97 Å². The molecule has 2 unspecified atom stereocenters. The lowest BCUT2D eigenvalue weighted by molar-refractivity contribution is -0.144. The molecule has 0 aromatic heterocycles. The van der Waals surface area contributed by atoms with Gasteiger partial charge in [-0.2, -0.15) is 0 Å². The lowest BCUT2D eigenvalue weighted by Crippen LogP contribution is -2.55. The van der Waals surface area contributed by atoms with Gasteiger partial charge in [0.25, 0.3) is 0 Å². The van der Waals surface area contributed by atoms with Crippen LogP contribution in [0.4, 0.5) is 0 Å². The van der Waals surface area contributed by atoms with Crippen LogP contribution in [0, 0.1) is 0 Å². The van der Waals surface area contributed by atoms with Crippen LogP contribution in [-0.4, -0.2) is 38.8 Å². The van der Waals surface area contributed by atoms with E-state index in [9.17, 15) is 4.79 Å². The number of piperidine rings is 1. The number of esters is 1. The van der Waals surface area contributed by atoms with Crippen LogP contribution in [0.25, 0.3) is 0 Å². The molecule has 1 aliphatic rings. The number of rotatable bonds is 2.